The van der Waals surface area contributed by atoms with Crippen molar-refractivity contribution in [1.82, 2.24) is 4.57 Å². The first kappa shape index (κ1) is 35.9. The van der Waals surface area contributed by atoms with Gasteiger partial charge in [-0.2, -0.15) is 0 Å². The summed E-state index contributed by atoms with van der Waals surface area (Å²) < 4.78 is 2.52. The minimum atomic E-state index is -0.119. The highest BCUT2D eigenvalue weighted by molar-refractivity contribution is 6.12. The quantitative estimate of drug-likeness (QED) is 0.142. The van der Waals surface area contributed by atoms with E-state index in [2.05, 4.69) is 226 Å². The van der Waals surface area contributed by atoms with Gasteiger partial charge in [0.2, 0.25) is 0 Å². The molecule has 8 aromatic carbocycles. The third-order valence-corrected chi connectivity index (χ3v) is 13.2. The largest absolute Gasteiger partial charge is 0.309 e. The molecule has 0 bridgehead atoms. The summed E-state index contributed by atoms with van der Waals surface area (Å²) in [6, 6.07) is 65.9. The SMILES string of the molecule is C=C/C=C(\C=C/C)c1ccc2c(c1)c1cc3c(cc1n2-c1ccc2c(c1)-c1cc(-c4ccccc4)ccc1C2c1ccc(-c2ccccc2)cc1)C(C)(C)c1ccccc1-3. The zero-order valence-corrected chi connectivity index (χ0v) is 34.3. The summed E-state index contributed by atoms with van der Waals surface area (Å²) in [4.78, 5) is 0. The Balaban J connectivity index is 1.14. The molecular weight excluding hydrogens is 723 g/mol. The average Bonchev–Trinajstić information content (AvgIpc) is 3.88. The molecule has 0 radical (unpaired) electrons. The molecule has 9 aromatic rings. The van der Waals surface area contributed by atoms with E-state index >= 15 is 0 Å². The van der Waals surface area contributed by atoms with Crippen molar-refractivity contribution in [2.24, 2.45) is 0 Å². The first-order valence-corrected chi connectivity index (χ1v) is 21.1. The van der Waals surface area contributed by atoms with Crippen LogP contribution in [0, 0.1) is 0 Å². The minimum Gasteiger partial charge on any atom is -0.309 e. The molecule has 0 aliphatic heterocycles. The van der Waals surface area contributed by atoms with Crippen LogP contribution in [0.1, 0.15) is 60.1 Å². The van der Waals surface area contributed by atoms with Crippen LogP contribution in [0.5, 0.6) is 0 Å². The van der Waals surface area contributed by atoms with E-state index in [1.54, 1.807) is 0 Å². The highest BCUT2D eigenvalue weighted by atomic mass is 15.0. The van der Waals surface area contributed by atoms with Gasteiger partial charge in [0.15, 0.2) is 0 Å². The van der Waals surface area contributed by atoms with E-state index in [0.29, 0.717) is 0 Å². The summed E-state index contributed by atoms with van der Waals surface area (Å²) >= 11 is 0. The summed E-state index contributed by atoms with van der Waals surface area (Å²) in [7, 11) is 0. The summed E-state index contributed by atoms with van der Waals surface area (Å²) in [6.45, 7) is 10.9. The van der Waals surface area contributed by atoms with Gasteiger partial charge in [0.05, 0.1) is 11.0 Å². The molecule has 0 N–H and O–H groups in total. The van der Waals surface area contributed by atoms with E-state index in [-0.39, 0.29) is 11.3 Å². The lowest BCUT2D eigenvalue weighted by atomic mass is 9.82. The van der Waals surface area contributed by atoms with Gasteiger partial charge >= 0.3 is 0 Å². The van der Waals surface area contributed by atoms with Crippen molar-refractivity contribution in [1.29, 1.82) is 0 Å². The van der Waals surface area contributed by atoms with Crippen LogP contribution in [-0.4, -0.2) is 4.57 Å². The van der Waals surface area contributed by atoms with E-state index in [0.717, 1.165) is 5.57 Å². The Morgan fingerprint density at radius 3 is 1.90 bits per heavy atom. The Labute approximate surface area is 352 Å². The molecule has 0 spiro atoms. The van der Waals surface area contributed by atoms with Gasteiger partial charge in [-0.25, -0.2) is 0 Å². The number of aromatic nitrogens is 1. The zero-order chi connectivity index (χ0) is 40.5. The Kier molecular flexibility index (Phi) is 8.36. The van der Waals surface area contributed by atoms with Crippen LogP contribution in [-0.2, 0) is 5.41 Å². The number of hydrogen-bond acceptors (Lipinski definition) is 0. The number of rotatable bonds is 7. The molecule has 11 rings (SSSR count). The smallest absolute Gasteiger partial charge is 0.0544 e. The molecule has 0 fully saturated rings. The number of benzene rings is 8. The lowest BCUT2D eigenvalue weighted by Crippen LogP contribution is -2.14. The molecule has 1 unspecified atom stereocenters. The predicted octanol–water partition coefficient (Wildman–Crippen LogP) is 15.7. The molecule has 1 aromatic heterocycles. The van der Waals surface area contributed by atoms with Gasteiger partial charge in [0.1, 0.15) is 0 Å². The van der Waals surface area contributed by atoms with E-state index in [1.165, 1.54) is 105 Å². The van der Waals surface area contributed by atoms with Crippen LogP contribution >= 0.6 is 0 Å². The molecule has 2 aliphatic carbocycles. The first-order chi connectivity index (χ1) is 29.4. The second kappa shape index (κ2) is 14.0. The molecule has 286 valence electrons. The third kappa shape index (κ3) is 5.53. The standard InChI is InChI=1S/C59H45N/c1-5-15-38(16-6-2)44-28-32-56-52(34-44)53-36-51-46-21-13-14-22-54(46)59(3,4)55(51)37-57(53)60(56)45-29-31-48-50(35-45)49-33-43(40-19-11-8-12-20-40)27-30-47(49)58(48)42-25-23-41(24-26-42)39-17-9-7-10-18-39/h5-37,58H,1H2,2-4H3/b16-6-,38-15+. The summed E-state index contributed by atoms with van der Waals surface area (Å²) in [5.74, 6) is 0.128. The van der Waals surface area contributed by atoms with Crippen LogP contribution in [0.4, 0.5) is 0 Å². The molecule has 0 amide bonds. The Hall–Kier alpha value is -7.22. The van der Waals surface area contributed by atoms with E-state index in [1.807, 2.05) is 6.08 Å². The molecule has 60 heavy (non-hydrogen) atoms. The van der Waals surface area contributed by atoms with Crippen LogP contribution in [0.3, 0.4) is 0 Å². The number of nitrogens with zero attached hydrogens (tertiary/aromatic N) is 1. The van der Waals surface area contributed by atoms with Gasteiger partial charge < -0.3 is 4.57 Å². The molecule has 2 aliphatic rings. The van der Waals surface area contributed by atoms with Crippen molar-refractivity contribution in [3.05, 3.63) is 240 Å². The fourth-order valence-electron chi connectivity index (χ4n) is 10.3. The van der Waals surface area contributed by atoms with Gasteiger partial charge in [-0.1, -0.05) is 178 Å². The van der Waals surface area contributed by atoms with Gasteiger partial charge in [0.25, 0.3) is 0 Å². The van der Waals surface area contributed by atoms with E-state index < -0.39 is 0 Å². The fraction of sp³-hybridized carbons (Fsp3) is 0.0847. The molecule has 1 atom stereocenters. The van der Waals surface area contributed by atoms with Gasteiger partial charge in [0, 0.05) is 27.8 Å². The summed E-state index contributed by atoms with van der Waals surface area (Å²) in [6.07, 6.45) is 8.26. The van der Waals surface area contributed by atoms with Crippen molar-refractivity contribution >= 4 is 27.4 Å². The average molecular weight is 768 g/mol. The fourth-order valence-corrected chi connectivity index (χ4v) is 10.3. The lowest BCUT2D eigenvalue weighted by Gasteiger charge is -2.21. The number of allylic oxidation sites excluding steroid dienone is 5. The van der Waals surface area contributed by atoms with Crippen LogP contribution in [0.2, 0.25) is 0 Å². The number of hydrogen-bond donors (Lipinski definition) is 0. The van der Waals surface area contributed by atoms with Crippen molar-refractivity contribution in [2.75, 3.05) is 0 Å². The highest BCUT2D eigenvalue weighted by Gasteiger charge is 2.36. The summed E-state index contributed by atoms with van der Waals surface area (Å²) in [5.41, 5.74) is 22.8. The Morgan fingerprint density at radius 1 is 0.533 bits per heavy atom. The second-order valence-corrected chi connectivity index (χ2v) is 16.9. The molecule has 0 saturated carbocycles. The highest BCUT2D eigenvalue weighted by Crippen LogP contribution is 2.53. The normalized spacial score (nSPS) is 15.0. The maximum atomic E-state index is 4.03. The van der Waals surface area contributed by atoms with Crippen LogP contribution in [0.25, 0.3) is 77.6 Å². The van der Waals surface area contributed by atoms with Crippen molar-refractivity contribution < 1.29 is 0 Å². The second-order valence-electron chi connectivity index (χ2n) is 16.9. The maximum absolute atomic E-state index is 4.03. The maximum Gasteiger partial charge on any atom is 0.0544 e. The van der Waals surface area contributed by atoms with Gasteiger partial charge in [-0.15, -0.1) is 0 Å². The van der Waals surface area contributed by atoms with Crippen molar-refractivity contribution in [2.45, 2.75) is 32.1 Å². The minimum absolute atomic E-state index is 0.119. The predicted molar refractivity (Wildman–Crippen MR) is 255 cm³/mol. The zero-order valence-electron chi connectivity index (χ0n) is 34.3. The van der Waals surface area contributed by atoms with Crippen molar-refractivity contribution in [3.8, 4) is 50.2 Å². The topological polar surface area (TPSA) is 4.93 Å². The first-order valence-electron chi connectivity index (χ1n) is 21.1. The van der Waals surface area contributed by atoms with Crippen LogP contribution in [0.15, 0.2) is 207 Å². The van der Waals surface area contributed by atoms with Gasteiger partial charge in [-0.3, -0.25) is 0 Å². The Morgan fingerprint density at radius 2 is 1.17 bits per heavy atom. The molecule has 0 saturated heterocycles. The molecular formula is C59H45N. The van der Waals surface area contributed by atoms with E-state index in [9.17, 15) is 0 Å². The monoisotopic (exact) mass is 767 g/mol. The van der Waals surface area contributed by atoms with Crippen molar-refractivity contribution in [3.63, 3.8) is 0 Å². The van der Waals surface area contributed by atoms with E-state index in [4.69, 9.17) is 0 Å². The van der Waals surface area contributed by atoms with Gasteiger partial charge in [-0.05, 0) is 133 Å². The molecule has 1 heteroatoms. The lowest BCUT2D eigenvalue weighted by molar-refractivity contribution is 0.661. The summed E-state index contributed by atoms with van der Waals surface area (Å²) in [5, 5.41) is 2.51. The van der Waals surface area contributed by atoms with Crippen LogP contribution < -0.4 is 0 Å². The Bertz CT molecular complexity index is 3230. The molecule has 1 nitrogen and oxygen atoms in total. The third-order valence-electron chi connectivity index (χ3n) is 13.2. The number of fused-ring (bicyclic) bond motifs is 9. The molecule has 1 heterocycles.